The van der Waals surface area contributed by atoms with Gasteiger partial charge in [-0.05, 0) is 77.7 Å². The first kappa shape index (κ1) is 28.0. The van der Waals surface area contributed by atoms with Gasteiger partial charge in [-0.25, -0.2) is 9.79 Å². The minimum Gasteiger partial charge on any atom is -0.492 e. The number of rotatable bonds is 9. The van der Waals surface area contributed by atoms with Crippen LogP contribution in [0.25, 0.3) is 6.08 Å². The number of carbonyl (C=O) groups excluding carboxylic acids is 1. The SMILES string of the molecule is CCCC1=C(C(=O)OCC)[C@@H](c2ccc3c(c2)OCO3)n2c(s/c(=C\c3cc(Br)c(OC)c(OCC)c3)c2=O)=N1. The van der Waals surface area contributed by atoms with Gasteiger partial charge >= 0.3 is 5.97 Å². The second kappa shape index (κ2) is 11.9. The predicted molar refractivity (Wildman–Crippen MR) is 154 cm³/mol. The molecule has 2 aliphatic rings. The largest absolute Gasteiger partial charge is 0.492 e. The highest BCUT2D eigenvalue weighted by Crippen LogP contribution is 2.39. The number of esters is 1. The number of fused-ring (bicyclic) bond motifs is 2. The Labute approximate surface area is 243 Å². The van der Waals surface area contributed by atoms with E-state index in [0.29, 0.717) is 66.7 Å². The van der Waals surface area contributed by atoms with Crippen molar-refractivity contribution in [1.82, 2.24) is 4.57 Å². The quantitative estimate of drug-likeness (QED) is 0.322. The van der Waals surface area contributed by atoms with E-state index < -0.39 is 12.0 Å². The maximum Gasteiger partial charge on any atom is 0.338 e. The number of carbonyl (C=O) groups is 1. The van der Waals surface area contributed by atoms with Gasteiger partial charge in [-0.2, -0.15) is 0 Å². The Bertz CT molecular complexity index is 1670. The van der Waals surface area contributed by atoms with Crippen LogP contribution in [0.2, 0.25) is 0 Å². The molecule has 9 nitrogen and oxygen atoms in total. The molecular weight excluding hydrogens is 600 g/mol. The Balaban J connectivity index is 1.73. The summed E-state index contributed by atoms with van der Waals surface area (Å²) in [7, 11) is 1.57. The second-order valence-corrected chi connectivity index (χ2v) is 10.9. The van der Waals surface area contributed by atoms with E-state index in [0.717, 1.165) is 12.0 Å². The summed E-state index contributed by atoms with van der Waals surface area (Å²) in [5.41, 5.74) is 2.15. The van der Waals surface area contributed by atoms with E-state index in [1.54, 1.807) is 30.7 Å². The zero-order chi connectivity index (χ0) is 28.4. The Morgan fingerprint density at radius 2 is 1.98 bits per heavy atom. The van der Waals surface area contributed by atoms with Crippen molar-refractivity contribution in [2.24, 2.45) is 4.99 Å². The van der Waals surface area contributed by atoms with Crippen molar-refractivity contribution >= 4 is 39.3 Å². The van der Waals surface area contributed by atoms with Crippen LogP contribution in [0.3, 0.4) is 0 Å². The average molecular weight is 630 g/mol. The van der Waals surface area contributed by atoms with Crippen LogP contribution in [0, 0.1) is 0 Å². The molecule has 0 saturated heterocycles. The Hall–Kier alpha value is -3.57. The lowest BCUT2D eigenvalue weighted by molar-refractivity contribution is -0.139. The first-order chi connectivity index (χ1) is 19.4. The third-order valence-electron chi connectivity index (χ3n) is 6.44. The minimum absolute atomic E-state index is 0.115. The first-order valence-electron chi connectivity index (χ1n) is 13.0. The van der Waals surface area contributed by atoms with Crippen LogP contribution < -0.4 is 33.8 Å². The first-order valence-corrected chi connectivity index (χ1v) is 14.6. The molecule has 11 heteroatoms. The molecule has 3 heterocycles. The Morgan fingerprint density at radius 3 is 2.70 bits per heavy atom. The molecule has 0 radical (unpaired) electrons. The van der Waals surface area contributed by atoms with Crippen LogP contribution in [0.15, 0.2) is 55.9 Å². The molecule has 1 atom stereocenters. The number of thiazole rings is 1. The summed E-state index contributed by atoms with van der Waals surface area (Å²) in [5, 5.41) is 0. The second-order valence-electron chi connectivity index (χ2n) is 8.99. The van der Waals surface area contributed by atoms with Crippen molar-refractivity contribution in [3.8, 4) is 23.0 Å². The number of nitrogens with zero attached hydrogens (tertiary/aromatic N) is 2. The summed E-state index contributed by atoms with van der Waals surface area (Å²) in [5.74, 6) is 1.82. The molecule has 0 N–H and O–H groups in total. The van der Waals surface area contributed by atoms with Crippen LogP contribution in [-0.2, 0) is 9.53 Å². The monoisotopic (exact) mass is 628 g/mol. The molecule has 210 valence electrons. The van der Waals surface area contributed by atoms with Crippen LogP contribution in [0.1, 0.15) is 50.8 Å². The van der Waals surface area contributed by atoms with Gasteiger partial charge in [-0.3, -0.25) is 9.36 Å². The lowest BCUT2D eigenvalue weighted by atomic mass is 9.94. The lowest BCUT2D eigenvalue weighted by Gasteiger charge is -2.25. The summed E-state index contributed by atoms with van der Waals surface area (Å²) in [4.78, 5) is 32.7. The average Bonchev–Trinajstić information content (AvgIpc) is 3.52. The molecular formula is C29H29BrN2O7S. The van der Waals surface area contributed by atoms with E-state index in [-0.39, 0.29) is 19.0 Å². The van der Waals surface area contributed by atoms with Crippen molar-refractivity contribution < 1.29 is 28.5 Å². The number of aromatic nitrogens is 1. The molecule has 5 rings (SSSR count). The highest BCUT2D eigenvalue weighted by molar-refractivity contribution is 9.10. The van der Waals surface area contributed by atoms with Crippen molar-refractivity contribution in [1.29, 1.82) is 0 Å². The smallest absolute Gasteiger partial charge is 0.338 e. The summed E-state index contributed by atoms with van der Waals surface area (Å²) >= 11 is 4.81. The Morgan fingerprint density at radius 1 is 1.18 bits per heavy atom. The fourth-order valence-corrected chi connectivity index (χ4v) is 6.44. The molecule has 1 aromatic heterocycles. The molecule has 0 unspecified atom stereocenters. The van der Waals surface area contributed by atoms with Gasteiger partial charge in [0.25, 0.3) is 5.56 Å². The molecule has 0 saturated carbocycles. The molecule has 0 bridgehead atoms. The van der Waals surface area contributed by atoms with E-state index in [4.69, 9.17) is 28.7 Å². The third-order valence-corrected chi connectivity index (χ3v) is 8.01. The molecule has 0 spiro atoms. The molecule has 0 amide bonds. The predicted octanol–water partition coefficient (Wildman–Crippen LogP) is 4.48. The number of hydrogen-bond acceptors (Lipinski definition) is 9. The number of allylic oxidation sites excluding steroid dienone is 1. The van der Waals surface area contributed by atoms with Crippen LogP contribution in [-0.4, -0.2) is 37.7 Å². The number of hydrogen-bond donors (Lipinski definition) is 0. The number of ether oxygens (including phenoxy) is 5. The molecule has 40 heavy (non-hydrogen) atoms. The molecule has 0 aliphatic carbocycles. The van der Waals surface area contributed by atoms with Gasteiger partial charge in [0.05, 0.1) is 46.6 Å². The van der Waals surface area contributed by atoms with Crippen molar-refractivity contribution in [2.45, 2.75) is 39.7 Å². The molecule has 2 aromatic carbocycles. The summed E-state index contributed by atoms with van der Waals surface area (Å²) in [6.07, 6.45) is 3.12. The maximum atomic E-state index is 14.0. The standard InChI is InChI=1S/C29H29BrN2O7S/c1-5-8-19-24(28(34)37-7-3)25(17-9-10-20-21(14-17)39-15-38-20)32-27(33)23(40-29(32)31-19)13-16-11-18(30)26(35-4)22(12-16)36-6-2/h9-14,25H,5-8,15H2,1-4H3/b23-13-/t25-/m1/s1. The van der Waals surface area contributed by atoms with Gasteiger partial charge in [-0.1, -0.05) is 30.7 Å². The van der Waals surface area contributed by atoms with Gasteiger partial charge in [0.1, 0.15) is 0 Å². The van der Waals surface area contributed by atoms with E-state index in [2.05, 4.69) is 15.9 Å². The fraction of sp³-hybridized carbons (Fsp3) is 0.345. The van der Waals surface area contributed by atoms with Crippen molar-refractivity contribution in [2.75, 3.05) is 27.1 Å². The van der Waals surface area contributed by atoms with Crippen molar-refractivity contribution in [3.05, 3.63) is 76.9 Å². The maximum absolute atomic E-state index is 14.0. The fourth-order valence-electron chi connectivity index (χ4n) is 4.80. The zero-order valence-electron chi connectivity index (χ0n) is 22.6. The third kappa shape index (κ3) is 5.15. The van der Waals surface area contributed by atoms with E-state index in [1.165, 1.54) is 11.3 Å². The van der Waals surface area contributed by atoms with E-state index in [9.17, 15) is 9.59 Å². The van der Waals surface area contributed by atoms with Gasteiger partial charge in [0.15, 0.2) is 27.8 Å². The van der Waals surface area contributed by atoms with Crippen LogP contribution in [0.4, 0.5) is 0 Å². The van der Waals surface area contributed by atoms with Gasteiger partial charge in [0, 0.05) is 0 Å². The lowest BCUT2D eigenvalue weighted by Crippen LogP contribution is -2.40. The Kier molecular flexibility index (Phi) is 8.32. The number of benzene rings is 2. The highest BCUT2D eigenvalue weighted by Gasteiger charge is 2.35. The van der Waals surface area contributed by atoms with Gasteiger partial charge in [-0.15, -0.1) is 0 Å². The summed E-state index contributed by atoms with van der Waals surface area (Å²) < 4.78 is 30.5. The molecule has 3 aromatic rings. The molecule has 2 aliphatic heterocycles. The highest BCUT2D eigenvalue weighted by atomic mass is 79.9. The number of halogens is 1. The van der Waals surface area contributed by atoms with E-state index >= 15 is 0 Å². The zero-order valence-corrected chi connectivity index (χ0v) is 25.0. The molecule has 0 fully saturated rings. The summed E-state index contributed by atoms with van der Waals surface area (Å²) in [6.45, 7) is 6.45. The minimum atomic E-state index is -0.741. The summed E-state index contributed by atoms with van der Waals surface area (Å²) in [6, 6.07) is 8.40. The van der Waals surface area contributed by atoms with Crippen molar-refractivity contribution in [3.63, 3.8) is 0 Å². The van der Waals surface area contributed by atoms with Crippen LogP contribution >= 0.6 is 27.3 Å². The van der Waals surface area contributed by atoms with Gasteiger partial charge in [0.2, 0.25) is 6.79 Å². The normalized spacial score (nSPS) is 16.0. The topological polar surface area (TPSA) is 97.6 Å². The van der Waals surface area contributed by atoms with Crippen LogP contribution in [0.5, 0.6) is 23.0 Å². The van der Waals surface area contributed by atoms with Gasteiger partial charge < -0.3 is 23.7 Å². The number of methoxy groups -OCH3 is 1. The van der Waals surface area contributed by atoms with E-state index in [1.807, 2.05) is 38.1 Å².